The summed E-state index contributed by atoms with van der Waals surface area (Å²) in [6.07, 6.45) is 1.32. The molecule has 1 N–H and O–H groups in total. The van der Waals surface area contributed by atoms with Crippen molar-refractivity contribution in [1.82, 2.24) is 34.5 Å². The van der Waals surface area contributed by atoms with Gasteiger partial charge in [0.25, 0.3) is 6.43 Å². The van der Waals surface area contributed by atoms with E-state index in [1.807, 2.05) is 77.5 Å². The summed E-state index contributed by atoms with van der Waals surface area (Å²) in [5.41, 5.74) is 4.68. The van der Waals surface area contributed by atoms with Gasteiger partial charge in [-0.3, -0.25) is 9.36 Å². The Morgan fingerprint density at radius 2 is 1.91 bits per heavy atom. The van der Waals surface area contributed by atoms with Crippen LogP contribution in [0.5, 0.6) is 0 Å². The zero-order valence-corrected chi connectivity index (χ0v) is 23.7. The zero-order chi connectivity index (χ0) is 30.4. The summed E-state index contributed by atoms with van der Waals surface area (Å²) in [4.78, 5) is 23.1. The number of rotatable bonds is 7. The largest absolute Gasteiger partial charge is 0.330 e. The lowest BCUT2D eigenvalue weighted by atomic mass is 9.95. The molecule has 44 heavy (non-hydrogen) atoms. The minimum atomic E-state index is -2.70. The molecule has 11 heteroatoms. The fraction of sp³-hybridized carbons (Fsp3) is 0.273. The van der Waals surface area contributed by atoms with Crippen LogP contribution in [0.15, 0.2) is 91.8 Å². The molecule has 2 aromatic carbocycles. The Morgan fingerprint density at radius 3 is 2.66 bits per heavy atom. The third kappa shape index (κ3) is 4.96. The number of benzene rings is 2. The van der Waals surface area contributed by atoms with Gasteiger partial charge < -0.3 is 10.2 Å². The normalized spacial score (nSPS) is 21.6. The SMILES string of the molecule is C=CC(=O)N1CCC(NC2c3ccc(-n4c(-c5ccccc5)nc5ccc(-n6cccn6)nc54)cc3CC2F)CC1C(F)F. The number of hydrogen-bond donors (Lipinski definition) is 1. The van der Waals surface area contributed by atoms with Crippen LogP contribution in [0.4, 0.5) is 13.2 Å². The number of halogens is 3. The number of hydrogen-bond acceptors (Lipinski definition) is 5. The molecule has 2 aliphatic rings. The second kappa shape index (κ2) is 11.4. The van der Waals surface area contributed by atoms with Gasteiger partial charge in [-0.25, -0.2) is 27.8 Å². The van der Waals surface area contributed by atoms with Crippen molar-refractivity contribution >= 4 is 17.1 Å². The maximum atomic E-state index is 15.6. The molecule has 0 bridgehead atoms. The highest BCUT2D eigenvalue weighted by atomic mass is 19.3. The number of amides is 1. The fourth-order valence-electron chi connectivity index (χ4n) is 6.47. The van der Waals surface area contributed by atoms with E-state index >= 15 is 4.39 Å². The first kappa shape index (κ1) is 28.0. The Morgan fingerprint density at radius 1 is 1.07 bits per heavy atom. The van der Waals surface area contributed by atoms with Crippen molar-refractivity contribution in [2.24, 2.45) is 0 Å². The molecule has 3 aromatic heterocycles. The summed E-state index contributed by atoms with van der Waals surface area (Å²) in [6.45, 7) is 3.60. The molecule has 0 spiro atoms. The van der Waals surface area contributed by atoms with Crippen LogP contribution < -0.4 is 5.32 Å². The van der Waals surface area contributed by atoms with Gasteiger partial charge in [0.05, 0.1) is 12.1 Å². The Hall–Kier alpha value is -4.77. The molecule has 0 radical (unpaired) electrons. The maximum absolute atomic E-state index is 15.6. The van der Waals surface area contributed by atoms with Crippen molar-refractivity contribution < 1.29 is 18.0 Å². The van der Waals surface area contributed by atoms with Crippen molar-refractivity contribution in [3.63, 3.8) is 0 Å². The summed E-state index contributed by atoms with van der Waals surface area (Å²) in [7, 11) is 0. The second-order valence-corrected chi connectivity index (χ2v) is 11.2. The van der Waals surface area contributed by atoms with Crippen molar-refractivity contribution in [2.75, 3.05) is 6.54 Å². The van der Waals surface area contributed by atoms with Gasteiger partial charge in [-0.2, -0.15) is 5.10 Å². The first-order chi connectivity index (χ1) is 21.4. The predicted octanol–water partition coefficient (Wildman–Crippen LogP) is 5.61. The molecule has 7 rings (SSSR count). The van der Waals surface area contributed by atoms with Gasteiger partial charge in [0.1, 0.15) is 17.5 Å². The number of carbonyl (C=O) groups is 1. The smallest absolute Gasteiger partial charge is 0.258 e. The first-order valence-corrected chi connectivity index (χ1v) is 14.6. The molecule has 8 nitrogen and oxygen atoms in total. The predicted molar refractivity (Wildman–Crippen MR) is 161 cm³/mol. The maximum Gasteiger partial charge on any atom is 0.258 e. The lowest BCUT2D eigenvalue weighted by Gasteiger charge is -2.40. The monoisotopic (exact) mass is 597 g/mol. The van der Waals surface area contributed by atoms with Crippen molar-refractivity contribution in [1.29, 1.82) is 0 Å². The van der Waals surface area contributed by atoms with Gasteiger partial charge in [-0.05, 0) is 60.4 Å². The molecule has 1 fully saturated rings. The summed E-state index contributed by atoms with van der Waals surface area (Å²) in [5.74, 6) is 0.832. The van der Waals surface area contributed by atoms with Crippen molar-refractivity contribution in [3.05, 3.63) is 103 Å². The van der Waals surface area contributed by atoms with Crippen LogP contribution in [-0.2, 0) is 11.2 Å². The van der Waals surface area contributed by atoms with Gasteiger partial charge >= 0.3 is 0 Å². The van der Waals surface area contributed by atoms with Crippen LogP contribution in [0, 0.1) is 0 Å². The number of imidazole rings is 1. The summed E-state index contributed by atoms with van der Waals surface area (Å²) < 4.78 is 47.0. The number of alkyl halides is 3. The van der Waals surface area contributed by atoms with Gasteiger partial charge in [-0.1, -0.05) is 43.0 Å². The van der Waals surface area contributed by atoms with Gasteiger partial charge in [0.2, 0.25) is 5.91 Å². The van der Waals surface area contributed by atoms with E-state index < -0.39 is 30.6 Å². The number of fused-ring (bicyclic) bond motifs is 2. The van der Waals surface area contributed by atoms with Gasteiger partial charge in [-0.15, -0.1) is 0 Å². The fourth-order valence-corrected chi connectivity index (χ4v) is 6.47. The van der Waals surface area contributed by atoms with E-state index in [9.17, 15) is 13.6 Å². The Balaban J connectivity index is 1.23. The average Bonchev–Trinajstić information content (AvgIpc) is 3.78. The number of nitrogens with zero attached hydrogens (tertiary/aromatic N) is 6. The Labute approximate surface area is 251 Å². The highest BCUT2D eigenvalue weighted by Crippen LogP contribution is 2.38. The van der Waals surface area contributed by atoms with E-state index in [2.05, 4.69) is 17.0 Å². The van der Waals surface area contributed by atoms with Gasteiger partial charge in [0, 0.05) is 42.7 Å². The zero-order valence-electron chi connectivity index (χ0n) is 23.7. The third-order valence-electron chi connectivity index (χ3n) is 8.57. The molecule has 1 aliphatic carbocycles. The number of nitrogens with one attached hydrogen (secondary N) is 1. The first-order valence-electron chi connectivity index (χ1n) is 14.6. The minimum absolute atomic E-state index is 0.0413. The molecule has 0 saturated carbocycles. The number of carbonyl (C=O) groups excluding carboxylic acids is 1. The molecule has 4 heterocycles. The van der Waals surface area contributed by atoms with Crippen molar-refractivity contribution in [2.45, 2.75) is 50.0 Å². The van der Waals surface area contributed by atoms with E-state index in [0.29, 0.717) is 29.2 Å². The third-order valence-corrected chi connectivity index (χ3v) is 8.57. The van der Waals surface area contributed by atoms with Gasteiger partial charge in [0.15, 0.2) is 11.5 Å². The van der Waals surface area contributed by atoms with E-state index in [4.69, 9.17) is 9.97 Å². The van der Waals surface area contributed by atoms with Crippen LogP contribution in [0.3, 0.4) is 0 Å². The molecule has 1 amide bonds. The number of pyridine rings is 1. The topological polar surface area (TPSA) is 80.9 Å². The van der Waals surface area contributed by atoms with E-state index in [-0.39, 0.29) is 25.4 Å². The molecular formula is C33H30F3N7O. The summed E-state index contributed by atoms with van der Waals surface area (Å²) in [5, 5.41) is 7.63. The van der Waals surface area contributed by atoms with Crippen LogP contribution in [-0.4, -0.2) is 66.3 Å². The molecule has 1 aliphatic heterocycles. The van der Waals surface area contributed by atoms with Crippen molar-refractivity contribution in [3.8, 4) is 22.9 Å². The number of piperidine rings is 1. The van der Waals surface area contributed by atoms with E-state index in [1.54, 1.807) is 10.9 Å². The summed E-state index contributed by atoms with van der Waals surface area (Å²) in [6, 6.07) is 19.0. The molecule has 4 atom stereocenters. The highest BCUT2D eigenvalue weighted by Gasteiger charge is 2.40. The van der Waals surface area contributed by atoms with Crippen LogP contribution >= 0.6 is 0 Å². The average molecular weight is 598 g/mol. The molecule has 1 saturated heterocycles. The van der Waals surface area contributed by atoms with Crippen LogP contribution in [0.1, 0.15) is 30.0 Å². The van der Waals surface area contributed by atoms with E-state index in [1.165, 1.54) is 4.90 Å². The molecule has 4 unspecified atom stereocenters. The second-order valence-electron chi connectivity index (χ2n) is 11.2. The summed E-state index contributed by atoms with van der Waals surface area (Å²) >= 11 is 0. The molecule has 5 aromatic rings. The standard InChI is InChI=1S/C33H30F3N7O/c1-2-29(44)41-16-13-22(19-27(41)31(35)36)38-30-24-10-9-23(17-21(24)18-25(30)34)43-32(20-7-4-3-5-8-20)39-26-11-12-28(40-33(26)43)42-15-6-14-37-42/h2-12,14-15,17,22,25,27,30-31,38H,1,13,16,18-19H2. The number of likely N-dealkylation sites (tertiary alicyclic amines) is 1. The Bertz CT molecular complexity index is 1820. The lowest BCUT2D eigenvalue weighted by molar-refractivity contribution is -0.134. The van der Waals surface area contributed by atoms with E-state index in [0.717, 1.165) is 28.5 Å². The minimum Gasteiger partial charge on any atom is -0.330 e. The van der Waals surface area contributed by atoms with Crippen LogP contribution in [0.25, 0.3) is 34.1 Å². The molecule has 224 valence electrons. The number of aromatic nitrogens is 5. The lowest BCUT2D eigenvalue weighted by Crippen LogP contribution is -2.54. The molecular weight excluding hydrogens is 567 g/mol. The highest BCUT2D eigenvalue weighted by molar-refractivity contribution is 5.87. The Kier molecular flexibility index (Phi) is 7.25. The quantitative estimate of drug-likeness (QED) is 0.247. The van der Waals surface area contributed by atoms with Crippen LogP contribution in [0.2, 0.25) is 0 Å².